The van der Waals surface area contributed by atoms with E-state index in [1.54, 1.807) is 4.68 Å². The molecular weight excluding hydrogens is 446 g/mol. The lowest BCUT2D eigenvalue weighted by Crippen LogP contribution is -2.47. The first-order valence-electron chi connectivity index (χ1n) is 10.3. The van der Waals surface area contributed by atoms with Crippen LogP contribution < -0.4 is 4.90 Å². The maximum Gasteiger partial charge on any atom is 0.250 e. The van der Waals surface area contributed by atoms with E-state index in [4.69, 9.17) is 28.9 Å². The molecule has 1 aliphatic heterocycles. The minimum atomic E-state index is 0.637. The molecule has 1 aliphatic rings. The highest BCUT2D eigenvalue weighted by Gasteiger charge is 2.23. The summed E-state index contributed by atoms with van der Waals surface area (Å²) in [6, 6.07) is 17.6. The number of rotatable bonds is 5. The van der Waals surface area contributed by atoms with E-state index in [1.807, 2.05) is 70.9 Å². The topological polar surface area (TPSA) is 72.8 Å². The van der Waals surface area contributed by atoms with Crippen molar-refractivity contribution >= 4 is 29.8 Å². The molecule has 9 nitrogen and oxygen atoms in total. The van der Waals surface area contributed by atoms with E-state index in [9.17, 15) is 0 Å². The largest absolute Gasteiger partial charge is 0.337 e. The van der Waals surface area contributed by atoms with Crippen molar-refractivity contribution in [1.29, 1.82) is 0 Å². The molecule has 0 spiro atoms. The van der Waals surface area contributed by atoms with Crippen LogP contribution in [0.3, 0.4) is 0 Å². The average Bonchev–Trinajstić information content (AvgIpc) is 3.42. The standard InChI is InChI=1S/C21H22ClN9S/c1-27-19(16-7-9-17(22)10-8-16)24-30(21(27)32)15-28-11-13-29(14-12-28)20-23-25-26-31(20)18-5-3-2-4-6-18/h2-10H,11-15H2,1H3. The van der Waals surface area contributed by atoms with Gasteiger partial charge in [0.25, 0.3) is 0 Å². The van der Waals surface area contributed by atoms with Crippen molar-refractivity contribution in [2.24, 2.45) is 7.05 Å². The lowest BCUT2D eigenvalue weighted by molar-refractivity contribution is 0.193. The second-order valence-corrected chi connectivity index (χ2v) is 8.45. The molecule has 0 atom stereocenters. The van der Waals surface area contributed by atoms with Crippen molar-refractivity contribution in [1.82, 2.24) is 39.5 Å². The summed E-state index contributed by atoms with van der Waals surface area (Å²) in [7, 11) is 1.94. The Hall–Kier alpha value is -3.08. The molecule has 32 heavy (non-hydrogen) atoms. The summed E-state index contributed by atoms with van der Waals surface area (Å²) in [6.45, 7) is 3.99. The van der Waals surface area contributed by atoms with Gasteiger partial charge in [0.2, 0.25) is 5.95 Å². The first-order valence-corrected chi connectivity index (χ1v) is 11.1. The monoisotopic (exact) mass is 467 g/mol. The summed E-state index contributed by atoms with van der Waals surface area (Å²) in [5.74, 6) is 1.59. The average molecular weight is 468 g/mol. The minimum absolute atomic E-state index is 0.637. The summed E-state index contributed by atoms with van der Waals surface area (Å²) < 4.78 is 6.28. The molecule has 1 fully saturated rings. The van der Waals surface area contributed by atoms with Crippen molar-refractivity contribution in [3.05, 3.63) is 64.4 Å². The molecule has 11 heteroatoms. The smallest absolute Gasteiger partial charge is 0.250 e. The summed E-state index contributed by atoms with van der Waals surface area (Å²) in [5, 5.41) is 17.8. The predicted molar refractivity (Wildman–Crippen MR) is 125 cm³/mol. The molecule has 0 N–H and O–H groups in total. The quantitative estimate of drug-likeness (QED) is 0.418. The third-order valence-electron chi connectivity index (χ3n) is 5.59. The maximum atomic E-state index is 6.02. The number of para-hydroxylation sites is 1. The highest BCUT2D eigenvalue weighted by atomic mass is 35.5. The van der Waals surface area contributed by atoms with Gasteiger partial charge in [-0.2, -0.15) is 9.78 Å². The highest BCUT2D eigenvalue weighted by molar-refractivity contribution is 7.71. The lowest BCUT2D eigenvalue weighted by atomic mass is 10.2. The number of halogens is 1. The molecule has 0 saturated carbocycles. The van der Waals surface area contributed by atoms with Crippen molar-refractivity contribution in [3.63, 3.8) is 0 Å². The fraction of sp³-hybridized carbons (Fsp3) is 0.286. The number of piperazine rings is 1. The predicted octanol–water partition coefficient (Wildman–Crippen LogP) is 3.03. The van der Waals surface area contributed by atoms with Crippen LogP contribution in [0.4, 0.5) is 5.95 Å². The molecule has 3 heterocycles. The zero-order valence-corrected chi connectivity index (χ0v) is 19.1. The Morgan fingerprint density at radius 1 is 0.969 bits per heavy atom. The van der Waals surface area contributed by atoms with Crippen LogP contribution in [-0.4, -0.2) is 65.6 Å². The van der Waals surface area contributed by atoms with E-state index in [2.05, 4.69) is 25.3 Å². The SMILES string of the molecule is Cn1c(-c2ccc(Cl)cc2)nn(CN2CCN(c3nnnn3-c3ccccc3)CC2)c1=S. The Balaban J connectivity index is 1.28. The summed E-state index contributed by atoms with van der Waals surface area (Å²) in [4.78, 5) is 4.54. The number of hydrogen-bond acceptors (Lipinski definition) is 7. The Labute approximate surface area is 195 Å². The molecule has 0 amide bonds. The van der Waals surface area contributed by atoms with E-state index in [0.717, 1.165) is 49.2 Å². The van der Waals surface area contributed by atoms with Crippen LogP contribution in [-0.2, 0) is 13.7 Å². The number of tetrazole rings is 1. The first-order chi connectivity index (χ1) is 15.6. The summed E-state index contributed by atoms with van der Waals surface area (Å²) >= 11 is 11.7. The Morgan fingerprint density at radius 3 is 2.41 bits per heavy atom. The van der Waals surface area contributed by atoms with Gasteiger partial charge in [0, 0.05) is 43.8 Å². The molecule has 0 unspecified atom stereocenters. The third kappa shape index (κ3) is 4.04. The highest BCUT2D eigenvalue weighted by Crippen LogP contribution is 2.21. The molecule has 0 radical (unpaired) electrons. The van der Waals surface area contributed by atoms with Gasteiger partial charge >= 0.3 is 0 Å². The number of nitrogens with zero attached hydrogens (tertiary/aromatic N) is 9. The molecule has 0 bridgehead atoms. The van der Waals surface area contributed by atoms with E-state index in [-0.39, 0.29) is 0 Å². The van der Waals surface area contributed by atoms with E-state index < -0.39 is 0 Å². The van der Waals surface area contributed by atoms with Crippen LogP contribution in [0.1, 0.15) is 0 Å². The fourth-order valence-corrected chi connectivity index (χ4v) is 4.14. The normalized spacial score (nSPS) is 14.8. The second kappa shape index (κ2) is 8.81. The van der Waals surface area contributed by atoms with Crippen molar-refractivity contribution in [3.8, 4) is 17.1 Å². The Morgan fingerprint density at radius 2 is 1.69 bits per heavy atom. The number of anilines is 1. The van der Waals surface area contributed by atoms with Crippen LogP contribution in [0.5, 0.6) is 0 Å². The van der Waals surface area contributed by atoms with E-state index in [0.29, 0.717) is 16.5 Å². The number of aromatic nitrogens is 7. The molecular formula is C21H22ClN9S. The first kappa shape index (κ1) is 20.8. The van der Waals surface area contributed by atoms with Crippen LogP contribution in [0.25, 0.3) is 17.1 Å². The van der Waals surface area contributed by atoms with Gasteiger partial charge in [-0.3, -0.25) is 4.90 Å². The van der Waals surface area contributed by atoms with Crippen LogP contribution in [0.15, 0.2) is 54.6 Å². The second-order valence-electron chi connectivity index (χ2n) is 7.64. The van der Waals surface area contributed by atoms with Gasteiger partial charge in [-0.1, -0.05) is 34.9 Å². The van der Waals surface area contributed by atoms with Crippen LogP contribution in [0.2, 0.25) is 5.02 Å². The van der Waals surface area contributed by atoms with Crippen LogP contribution >= 0.6 is 23.8 Å². The van der Waals surface area contributed by atoms with Gasteiger partial charge in [-0.15, -0.1) is 0 Å². The number of benzene rings is 2. The van der Waals surface area contributed by atoms with Gasteiger partial charge in [-0.25, -0.2) is 4.68 Å². The Kier molecular flexibility index (Phi) is 5.73. The minimum Gasteiger partial charge on any atom is -0.337 e. The van der Waals surface area contributed by atoms with Crippen molar-refractivity contribution in [2.45, 2.75) is 6.67 Å². The summed E-state index contributed by atoms with van der Waals surface area (Å²) in [5.41, 5.74) is 1.93. The van der Waals surface area contributed by atoms with Gasteiger partial charge in [0.15, 0.2) is 10.6 Å². The molecule has 2 aromatic carbocycles. The lowest BCUT2D eigenvalue weighted by Gasteiger charge is -2.34. The van der Waals surface area contributed by atoms with Gasteiger partial charge in [-0.05, 0) is 59.0 Å². The zero-order chi connectivity index (χ0) is 22.1. The molecule has 4 aromatic rings. The molecule has 164 valence electrons. The third-order valence-corrected chi connectivity index (χ3v) is 6.32. The van der Waals surface area contributed by atoms with Crippen molar-refractivity contribution in [2.75, 3.05) is 31.1 Å². The Bertz CT molecular complexity index is 1250. The van der Waals surface area contributed by atoms with Gasteiger partial charge < -0.3 is 9.47 Å². The summed E-state index contributed by atoms with van der Waals surface area (Å²) in [6.07, 6.45) is 0. The fourth-order valence-electron chi connectivity index (χ4n) is 3.82. The van der Waals surface area contributed by atoms with Gasteiger partial charge in [0.05, 0.1) is 12.4 Å². The van der Waals surface area contributed by atoms with E-state index >= 15 is 0 Å². The maximum absolute atomic E-state index is 6.02. The molecule has 5 rings (SSSR count). The molecule has 1 saturated heterocycles. The molecule has 0 aliphatic carbocycles. The van der Waals surface area contributed by atoms with Crippen LogP contribution in [0, 0.1) is 4.77 Å². The zero-order valence-electron chi connectivity index (χ0n) is 17.5. The number of hydrogen-bond donors (Lipinski definition) is 0. The van der Waals surface area contributed by atoms with Gasteiger partial charge in [0.1, 0.15) is 0 Å². The molecule has 2 aromatic heterocycles. The van der Waals surface area contributed by atoms with Crippen molar-refractivity contribution < 1.29 is 0 Å². The van der Waals surface area contributed by atoms with E-state index in [1.165, 1.54) is 0 Å².